The standard InChI is InChI=1S/C9H9F6O3/c10-8(11,12)7(17,9(13,14)15)6(16)18-5-3-1-2-4-5/h5H,1-4H2/q-1. The lowest BCUT2D eigenvalue weighted by Gasteiger charge is -2.40. The van der Waals surface area contributed by atoms with E-state index in [-0.39, 0.29) is 12.8 Å². The topological polar surface area (TPSA) is 49.4 Å². The lowest BCUT2D eigenvalue weighted by Crippen LogP contribution is -2.71. The molecular formula is C9H9F6O3-. The van der Waals surface area contributed by atoms with E-state index in [2.05, 4.69) is 4.74 Å². The number of hydrogen-bond acceptors (Lipinski definition) is 3. The SMILES string of the molecule is O=C(OC1CCCC1)C([O-])(C(F)(F)F)C(F)(F)F. The fraction of sp³-hybridized carbons (Fsp3) is 0.889. The predicted molar refractivity (Wildman–Crippen MR) is 43.2 cm³/mol. The molecule has 0 heterocycles. The van der Waals surface area contributed by atoms with E-state index in [0.29, 0.717) is 12.8 Å². The van der Waals surface area contributed by atoms with Crippen molar-refractivity contribution in [3.8, 4) is 0 Å². The predicted octanol–water partition coefficient (Wildman–Crippen LogP) is 1.70. The zero-order valence-electron chi connectivity index (χ0n) is 8.90. The van der Waals surface area contributed by atoms with Crippen LogP contribution in [0.3, 0.4) is 0 Å². The Morgan fingerprint density at radius 2 is 1.39 bits per heavy atom. The highest BCUT2D eigenvalue weighted by molar-refractivity contribution is 5.81. The number of alkyl halides is 6. The van der Waals surface area contributed by atoms with Gasteiger partial charge in [0.2, 0.25) is 0 Å². The summed E-state index contributed by atoms with van der Waals surface area (Å²) in [7, 11) is 0. The Bertz CT molecular complexity index is 301. The fourth-order valence-corrected chi connectivity index (χ4v) is 1.63. The summed E-state index contributed by atoms with van der Waals surface area (Å²) in [6.45, 7) is 0. The maximum atomic E-state index is 12.2. The Balaban J connectivity index is 2.93. The number of esters is 1. The van der Waals surface area contributed by atoms with Crippen molar-refractivity contribution in [1.29, 1.82) is 0 Å². The third-order valence-electron chi connectivity index (χ3n) is 2.66. The van der Waals surface area contributed by atoms with Gasteiger partial charge in [-0.3, -0.25) is 4.79 Å². The number of rotatable bonds is 2. The lowest BCUT2D eigenvalue weighted by atomic mass is 10.0. The zero-order valence-corrected chi connectivity index (χ0v) is 8.90. The molecule has 0 amide bonds. The molecule has 0 atom stereocenters. The summed E-state index contributed by atoms with van der Waals surface area (Å²) in [5.74, 6) is -2.82. The van der Waals surface area contributed by atoms with Crippen molar-refractivity contribution in [2.24, 2.45) is 0 Å². The van der Waals surface area contributed by atoms with Gasteiger partial charge < -0.3 is 9.84 Å². The van der Waals surface area contributed by atoms with Gasteiger partial charge in [-0.25, -0.2) is 0 Å². The summed E-state index contributed by atoms with van der Waals surface area (Å²) in [6, 6.07) is 0. The first-order chi connectivity index (χ1) is 8.00. The average molecular weight is 279 g/mol. The number of carbonyl (C=O) groups excluding carboxylic acids is 1. The normalized spacial score (nSPS) is 19.1. The van der Waals surface area contributed by atoms with Crippen molar-refractivity contribution < 1.29 is 41.0 Å². The summed E-state index contributed by atoms with van der Waals surface area (Å²) in [5, 5.41) is 10.9. The molecule has 0 N–H and O–H groups in total. The van der Waals surface area contributed by atoms with Crippen LogP contribution >= 0.6 is 0 Å². The first kappa shape index (κ1) is 15.1. The second kappa shape index (κ2) is 4.60. The molecule has 1 rings (SSSR count). The Morgan fingerprint density at radius 3 is 1.72 bits per heavy atom. The number of carbonyl (C=O) groups is 1. The molecule has 18 heavy (non-hydrogen) atoms. The van der Waals surface area contributed by atoms with Crippen LogP contribution in [0, 0.1) is 0 Å². The van der Waals surface area contributed by atoms with Gasteiger partial charge in [-0.1, -0.05) is 0 Å². The molecule has 1 saturated carbocycles. The summed E-state index contributed by atoms with van der Waals surface area (Å²) in [6.07, 6.45) is -12.2. The highest BCUT2D eigenvalue weighted by atomic mass is 19.4. The molecule has 0 bridgehead atoms. The smallest absolute Gasteiger partial charge is 0.399 e. The van der Waals surface area contributed by atoms with Crippen molar-refractivity contribution in [3.63, 3.8) is 0 Å². The molecule has 1 fully saturated rings. The van der Waals surface area contributed by atoms with Crippen LogP contribution in [0.4, 0.5) is 26.3 Å². The molecule has 106 valence electrons. The minimum Gasteiger partial charge on any atom is -0.828 e. The van der Waals surface area contributed by atoms with E-state index < -0.39 is 30.0 Å². The largest absolute Gasteiger partial charge is 0.828 e. The van der Waals surface area contributed by atoms with E-state index in [1.807, 2.05) is 0 Å². The number of hydrogen-bond donors (Lipinski definition) is 0. The van der Waals surface area contributed by atoms with Crippen LogP contribution in [0.25, 0.3) is 0 Å². The molecule has 0 saturated heterocycles. The molecule has 0 aromatic carbocycles. The van der Waals surface area contributed by atoms with E-state index in [9.17, 15) is 36.2 Å². The zero-order chi connectivity index (χ0) is 14.2. The molecule has 1 aliphatic carbocycles. The van der Waals surface area contributed by atoms with Crippen molar-refractivity contribution in [2.45, 2.75) is 49.7 Å². The third kappa shape index (κ3) is 2.55. The summed E-state index contributed by atoms with van der Waals surface area (Å²) in [5.41, 5.74) is -5.72. The van der Waals surface area contributed by atoms with Gasteiger partial charge in [-0.15, -0.1) is 0 Å². The average Bonchev–Trinajstić information content (AvgIpc) is 2.65. The molecular weight excluding hydrogens is 270 g/mol. The summed E-state index contributed by atoms with van der Waals surface area (Å²) >= 11 is 0. The first-order valence-corrected chi connectivity index (χ1v) is 5.05. The number of ether oxygens (including phenoxy) is 1. The van der Waals surface area contributed by atoms with Crippen LogP contribution in [-0.2, 0) is 9.53 Å². The van der Waals surface area contributed by atoms with Gasteiger partial charge in [-0.2, -0.15) is 26.3 Å². The maximum absolute atomic E-state index is 12.2. The van der Waals surface area contributed by atoms with Gasteiger partial charge >= 0.3 is 18.3 Å². The monoisotopic (exact) mass is 279 g/mol. The van der Waals surface area contributed by atoms with Gasteiger partial charge in [0.05, 0.1) is 0 Å². The maximum Gasteiger partial charge on any atom is 0.399 e. The molecule has 0 spiro atoms. The van der Waals surface area contributed by atoms with Gasteiger partial charge in [0, 0.05) is 0 Å². The lowest BCUT2D eigenvalue weighted by molar-refractivity contribution is -0.574. The van der Waals surface area contributed by atoms with Crippen molar-refractivity contribution >= 4 is 5.97 Å². The Labute approximate surface area is 97.7 Å². The van der Waals surface area contributed by atoms with Gasteiger partial charge in [0.1, 0.15) is 6.10 Å². The highest BCUT2D eigenvalue weighted by Crippen LogP contribution is 2.42. The van der Waals surface area contributed by atoms with Gasteiger partial charge in [0.15, 0.2) is 5.60 Å². The summed E-state index contributed by atoms with van der Waals surface area (Å²) < 4.78 is 77.2. The third-order valence-corrected chi connectivity index (χ3v) is 2.66. The van der Waals surface area contributed by atoms with E-state index in [0.717, 1.165) is 0 Å². The van der Waals surface area contributed by atoms with E-state index in [1.165, 1.54) is 0 Å². The molecule has 0 radical (unpaired) electrons. The minimum absolute atomic E-state index is 0.164. The van der Waals surface area contributed by atoms with E-state index >= 15 is 0 Å². The van der Waals surface area contributed by atoms with E-state index in [4.69, 9.17) is 0 Å². The Kier molecular flexibility index (Phi) is 3.85. The first-order valence-electron chi connectivity index (χ1n) is 5.05. The molecule has 0 aromatic rings. The van der Waals surface area contributed by atoms with Crippen LogP contribution < -0.4 is 5.11 Å². The second-order valence-electron chi connectivity index (χ2n) is 3.99. The highest BCUT2D eigenvalue weighted by Gasteiger charge is 2.68. The molecule has 1 aliphatic rings. The van der Waals surface area contributed by atoms with Crippen molar-refractivity contribution in [2.75, 3.05) is 0 Å². The molecule has 0 aliphatic heterocycles. The van der Waals surface area contributed by atoms with Crippen LogP contribution in [0.15, 0.2) is 0 Å². The quantitative estimate of drug-likeness (QED) is 0.571. The summed E-state index contributed by atoms with van der Waals surface area (Å²) in [4.78, 5) is 10.9. The van der Waals surface area contributed by atoms with Crippen LogP contribution in [0.5, 0.6) is 0 Å². The van der Waals surface area contributed by atoms with Crippen LogP contribution in [-0.4, -0.2) is 30.0 Å². The van der Waals surface area contributed by atoms with Crippen LogP contribution in [0.2, 0.25) is 0 Å². The van der Waals surface area contributed by atoms with Crippen molar-refractivity contribution in [3.05, 3.63) is 0 Å². The second-order valence-corrected chi connectivity index (χ2v) is 3.99. The Morgan fingerprint density at radius 1 is 1.00 bits per heavy atom. The van der Waals surface area contributed by atoms with Gasteiger partial charge in [0.25, 0.3) is 0 Å². The molecule has 3 nitrogen and oxygen atoms in total. The minimum atomic E-state index is -6.29. The van der Waals surface area contributed by atoms with E-state index in [1.54, 1.807) is 0 Å². The van der Waals surface area contributed by atoms with Crippen molar-refractivity contribution in [1.82, 2.24) is 0 Å². The number of halogens is 6. The molecule has 0 aromatic heterocycles. The van der Waals surface area contributed by atoms with Gasteiger partial charge in [-0.05, 0) is 25.7 Å². The van der Waals surface area contributed by atoms with Crippen LogP contribution in [0.1, 0.15) is 25.7 Å². The fourth-order valence-electron chi connectivity index (χ4n) is 1.63. The molecule has 9 heteroatoms. The molecule has 0 unspecified atom stereocenters. The Hall–Kier alpha value is -0.990.